The van der Waals surface area contributed by atoms with Gasteiger partial charge in [0.05, 0.1) is 6.04 Å². The van der Waals surface area contributed by atoms with Crippen LogP contribution in [0.5, 0.6) is 5.75 Å². The lowest BCUT2D eigenvalue weighted by atomic mass is 10.00. The van der Waals surface area contributed by atoms with Gasteiger partial charge in [-0.05, 0) is 47.0 Å². The zero-order valence-electron chi connectivity index (χ0n) is 18.0. The van der Waals surface area contributed by atoms with Crippen LogP contribution in [-0.4, -0.2) is 47.9 Å². The summed E-state index contributed by atoms with van der Waals surface area (Å²) in [7, 11) is 0. The SMILES string of the molecule is C=CCN(CC(=O)N1CCc2sccc2C1COc1ccc(C(C)C)cc1)C(C)=O. The second-order valence-corrected chi connectivity index (χ2v) is 8.88. The number of rotatable bonds is 8. The van der Waals surface area contributed by atoms with Crippen molar-refractivity contribution in [2.45, 2.75) is 39.2 Å². The van der Waals surface area contributed by atoms with Gasteiger partial charge in [-0.1, -0.05) is 32.1 Å². The zero-order chi connectivity index (χ0) is 21.7. The van der Waals surface area contributed by atoms with Crippen molar-refractivity contribution in [2.24, 2.45) is 0 Å². The van der Waals surface area contributed by atoms with Gasteiger partial charge in [-0.25, -0.2) is 0 Å². The van der Waals surface area contributed by atoms with Crippen LogP contribution in [-0.2, 0) is 16.0 Å². The molecule has 0 spiro atoms. The van der Waals surface area contributed by atoms with Crippen molar-refractivity contribution >= 4 is 23.2 Å². The van der Waals surface area contributed by atoms with Crippen molar-refractivity contribution in [3.8, 4) is 5.75 Å². The molecule has 0 bridgehead atoms. The maximum atomic E-state index is 13.1. The van der Waals surface area contributed by atoms with Crippen LogP contribution in [0.25, 0.3) is 0 Å². The van der Waals surface area contributed by atoms with E-state index in [4.69, 9.17) is 4.74 Å². The molecule has 2 heterocycles. The molecule has 1 aromatic carbocycles. The standard InChI is InChI=1S/C24H30N2O3S/c1-5-12-25(18(4)27)15-24(28)26-13-10-23-21(11-14-30-23)22(26)16-29-20-8-6-19(7-9-20)17(2)3/h5-9,11,14,17,22H,1,10,12-13,15-16H2,2-4H3. The molecule has 0 saturated heterocycles. The molecule has 6 heteroatoms. The first-order chi connectivity index (χ1) is 14.4. The minimum Gasteiger partial charge on any atom is -0.491 e. The summed E-state index contributed by atoms with van der Waals surface area (Å²) in [5.41, 5.74) is 2.42. The zero-order valence-corrected chi connectivity index (χ0v) is 18.8. The molecule has 160 valence electrons. The van der Waals surface area contributed by atoms with Crippen molar-refractivity contribution in [1.29, 1.82) is 0 Å². The molecule has 0 aliphatic carbocycles. The van der Waals surface area contributed by atoms with Crippen LogP contribution in [0.1, 0.15) is 48.7 Å². The summed E-state index contributed by atoms with van der Waals surface area (Å²) in [5.74, 6) is 1.08. The van der Waals surface area contributed by atoms with Gasteiger partial charge in [0.15, 0.2) is 0 Å². The highest BCUT2D eigenvalue weighted by Crippen LogP contribution is 2.34. The first-order valence-corrected chi connectivity index (χ1v) is 11.2. The van der Waals surface area contributed by atoms with E-state index in [2.05, 4.69) is 44.0 Å². The molecule has 1 aliphatic heterocycles. The number of nitrogens with zero attached hydrogens (tertiary/aromatic N) is 2. The molecule has 0 saturated carbocycles. The molecule has 0 fully saturated rings. The topological polar surface area (TPSA) is 49.9 Å². The number of hydrogen-bond donors (Lipinski definition) is 0. The summed E-state index contributed by atoms with van der Waals surface area (Å²) in [6.07, 6.45) is 2.48. The van der Waals surface area contributed by atoms with Gasteiger partial charge in [-0.15, -0.1) is 17.9 Å². The van der Waals surface area contributed by atoms with Gasteiger partial charge in [0.2, 0.25) is 11.8 Å². The molecule has 1 aromatic heterocycles. The van der Waals surface area contributed by atoms with Gasteiger partial charge in [0, 0.05) is 24.9 Å². The van der Waals surface area contributed by atoms with E-state index in [0.717, 1.165) is 17.7 Å². The van der Waals surface area contributed by atoms with E-state index < -0.39 is 0 Å². The van der Waals surface area contributed by atoms with Crippen molar-refractivity contribution in [3.63, 3.8) is 0 Å². The summed E-state index contributed by atoms with van der Waals surface area (Å²) in [6.45, 7) is 10.9. The quantitative estimate of drug-likeness (QED) is 0.588. The maximum absolute atomic E-state index is 13.1. The Morgan fingerprint density at radius 1 is 1.30 bits per heavy atom. The van der Waals surface area contributed by atoms with Crippen LogP contribution in [0.2, 0.25) is 0 Å². The lowest BCUT2D eigenvalue weighted by Crippen LogP contribution is -2.47. The van der Waals surface area contributed by atoms with E-state index in [0.29, 0.717) is 25.6 Å². The summed E-state index contributed by atoms with van der Waals surface area (Å²) in [5, 5.41) is 2.07. The lowest BCUT2D eigenvalue weighted by Gasteiger charge is -2.37. The third-order valence-electron chi connectivity index (χ3n) is 5.49. The summed E-state index contributed by atoms with van der Waals surface area (Å²) < 4.78 is 6.10. The molecule has 30 heavy (non-hydrogen) atoms. The molecule has 5 nitrogen and oxygen atoms in total. The van der Waals surface area contributed by atoms with E-state index in [1.54, 1.807) is 17.4 Å². The highest BCUT2D eigenvalue weighted by atomic mass is 32.1. The molecular formula is C24H30N2O3S. The fourth-order valence-electron chi connectivity index (χ4n) is 3.71. The Morgan fingerprint density at radius 3 is 2.67 bits per heavy atom. The van der Waals surface area contributed by atoms with Crippen LogP contribution in [0.4, 0.5) is 0 Å². The second-order valence-electron chi connectivity index (χ2n) is 7.88. The average Bonchev–Trinajstić information content (AvgIpc) is 3.20. The number of ether oxygens (including phenoxy) is 1. The average molecular weight is 427 g/mol. The third-order valence-corrected chi connectivity index (χ3v) is 6.49. The Morgan fingerprint density at radius 2 is 2.03 bits per heavy atom. The van der Waals surface area contributed by atoms with E-state index in [-0.39, 0.29) is 24.4 Å². The Balaban J connectivity index is 1.75. The van der Waals surface area contributed by atoms with Gasteiger partial charge in [-0.3, -0.25) is 9.59 Å². The largest absolute Gasteiger partial charge is 0.491 e. The Hall–Kier alpha value is -2.60. The van der Waals surface area contributed by atoms with E-state index >= 15 is 0 Å². The van der Waals surface area contributed by atoms with Crippen molar-refractivity contribution in [2.75, 3.05) is 26.2 Å². The van der Waals surface area contributed by atoms with Gasteiger partial charge in [-0.2, -0.15) is 0 Å². The Labute approximate surface area is 182 Å². The van der Waals surface area contributed by atoms with Gasteiger partial charge >= 0.3 is 0 Å². The van der Waals surface area contributed by atoms with Crippen LogP contribution in [0, 0.1) is 0 Å². The fraction of sp³-hybridized carbons (Fsp3) is 0.417. The molecule has 0 radical (unpaired) electrons. The molecule has 1 atom stereocenters. The van der Waals surface area contributed by atoms with Crippen molar-refractivity contribution in [1.82, 2.24) is 9.80 Å². The number of amides is 2. The minimum atomic E-state index is -0.158. The van der Waals surface area contributed by atoms with E-state index in [1.165, 1.54) is 22.3 Å². The molecule has 0 N–H and O–H groups in total. The number of benzene rings is 1. The highest BCUT2D eigenvalue weighted by Gasteiger charge is 2.33. The monoisotopic (exact) mass is 426 g/mol. The van der Waals surface area contributed by atoms with Gasteiger partial charge in [0.25, 0.3) is 0 Å². The second kappa shape index (κ2) is 9.94. The molecule has 2 aromatic rings. The minimum absolute atomic E-state index is 0.0560. The smallest absolute Gasteiger partial charge is 0.242 e. The van der Waals surface area contributed by atoms with Crippen LogP contribution in [0.3, 0.4) is 0 Å². The fourth-order valence-corrected chi connectivity index (χ4v) is 4.64. The molecule has 1 unspecified atom stereocenters. The van der Waals surface area contributed by atoms with E-state index in [1.807, 2.05) is 17.0 Å². The molecule has 1 aliphatic rings. The van der Waals surface area contributed by atoms with Crippen molar-refractivity contribution < 1.29 is 14.3 Å². The summed E-state index contributed by atoms with van der Waals surface area (Å²) in [6, 6.07) is 10.1. The third kappa shape index (κ3) is 5.11. The first-order valence-electron chi connectivity index (χ1n) is 10.4. The first kappa shape index (κ1) is 22.1. The number of hydrogen-bond acceptors (Lipinski definition) is 4. The Kier molecular flexibility index (Phi) is 7.32. The number of carbonyl (C=O) groups is 2. The van der Waals surface area contributed by atoms with Crippen molar-refractivity contribution in [3.05, 3.63) is 64.4 Å². The Bertz CT molecular complexity index is 888. The number of carbonyl (C=O) groups excluding carboxylic acids is 2. The predicted octanol–water partition coefficient (Wildman–Crippen LogP) is 4.41. The van der Waals surface area contributed by atoms with Gasteiger partial charge in [0.1, 0.15) is 18.9 Å². The molecule has 2 amide bonds. The maximum Gasteiger partial charge on any atom is 0.242 e. The summed E-state index contributed by atoms with van der Waals surface area (Å²) in [4.78, 5) is 29.6. The van der Waals surface area contributed by atoms with E-state index in [9.17, 15) is 9.59 Å². The highest BCUT2D eigenvalue weighted by molar-refractivity contribution is 7.10. The number of fused-ring (bicyclic) bond motifs is 1. The van der Waals surface area contributed by atoms with Crippen LogP contribution in [0.15, 0.2) is 48.4 Å². The summed E-state index contributed by atoms with van der Waals surface area (Å²) >= 11 is 1.73. The van der Waals surface area contributed by atoms with Gasteiger partial charge < -0.3 is 14.5 Å². The lowest BCUT2D eigenvalue weighted by molar-refractivity contribution is -0.141. The molecular weight excluding hydrogens is 396 g/mol. The van der Waals surface area contributed by atoms with Crippen LogP contribution >= 0.6 is 11.3 Å². The number of thiophene rings is 1. The normalized spacial score (nSPS) is 15.6. The van der Waals surface area contributed by atoms with Crippen LogP contribution < -0.4 is 4.74 Å². The predicted molar refractivity (Wildman–Crippen MR) is 121 cm³/mol. The molecule has 3 rings (SSSR count).